The van der Waals surface area contributed by atoms with E-state index in [0.717, 1.165) is 51.7 Å². The Morgan fingerprint density at radius 2 is 2.12 bits per heavy atom. The van der Waals surface area contributed by atoms with E-state index in [4.69, 9.17) is 14.5 Å². The molecule has 0 aromatic carbocycles. The van der Waals surface area contributed by atoms with Gasteiger partial charge in [0, 0.05) is 32.3 Å². The second-order valence-corrected chi connectivity index (χ2v) is 6.56. The third-order valence-electron chi connectivity index (χ3n) is 4.95. The summed E-state index contributed by atoms with van der Waals surface area (Å²) >= 11 is 0. The van der Waals surface area contributed by atoms with E-state index in [9.17, 15) is 0 Å². The third kappa shape index (κ3) is 5.90. The zero-order chi connectivity index (χ0) is 17.2. The largest absolute Gasteiger partial charge is 0.377 e. The number of likely N-dealkylation sites (tertiary alicyclic amines) is 1. The first-order valence-corrected chi connectivity index (χ1v) is 9.75. The molecule has 0 saturated carbocycles. The summed E-state index contributed by atoms with van der Waals surface area (Å²) in [6, 6.07) is 0.652. The van der Waals surface area contributed by atoms with Gasteiger partial charge in [-0.3, -0.25) is 9.89 Å². The summed E-state index contributed by atoms with van der Waals surface area (Å²) in [7, 11) is 0. The van der Waals surface area contributed by atoms with Crippen LogP contribution in [0.3, 0.4) is 0 Å². The Bertz CT molecular complexity index is 368. The molecular formula is C18H36N4O2. The maximum Gasteiger partial charge on any atom is 0.194 e. The lowest BCUT2D eigenvalue weighted by Crippen LogP contribution is -2.43. The number of hydrogen-bond acceptors (Lipinski definition) is 4. The number of nitrogens with one attached hydrogen (secondary N) is 1. The zero-order valence-electron chi connectivity index (χ0n) is 15.8. The Morgan fingerprint density at radius 1 is 1.29 bits per heavy atom. The Morgan fingerprint density at radius 3 is 2.79 bits per heavy atom. The number of nitrogens with zero attached hydrogens (tertiary/aromatic N) is 3. The molecule has 0 aromatic heterocycles. The van der Waals surface area contributed by atoms with Crippen molar-refractivity contribution in [3.05, 3.63) is 0 Å². The number of guanidine groups is 1. The molecule has 2 unspecified atom stereocenters. The SMILES string of the molecule is CCNC(=NCCOCC1CCCO1)N1CCC(N(CC)CC)C1. The van der Waals surface area contributed by atoms with E-state index in [1.165, 1.54) is 12.8 Å². The monoisotopic (exact) mass is 340 g/mol. The average Bonchev–Trinajstić information content (AvgIpc) is 3.27. The highest BCUT2D eigenvalue weighted by atomic mass is 16.5. The van der Waals surface area contributed by atoms with E-state index in [2.05, 4.69) is 35.9 Å². The molecule has 2 atom stereocenters. The minimum Gasteiger partial charge on any atom is -0.377 e. The van der Waals surface area contributed by atoms with Gasteiger partial charge >= 0.3 is 0 Å². The fourth-order valence-corrected chi connectivity index (χ4v) is 3.60. The Labute approximate surface area is 147 Å². The maximum absolute atomic E-state index is 5.72. The molecule has 2 saturated heterocycles. The number of rotatable bonds is 9. The molecule has 0 radical (unpaired) electrons. The van der Waals surface area contributed by atoms with Crippen LogP contribution in [-0.4, -0.2) is 87.0 Å². The highest BCUT2D eigenvalue weighted by Gasteiger charge is 2.27. The molecule has 6 nitrogen and oxygen atoms in total. The molecule has 2 rings (SSSR count). The van der Waals surface area contributed by atoms with Gasteiger partial charge < -0.3 is 19.7 Å². The molecule has 2 aliphatic rings. The maximum atomic E-state index is 5.72. The predicted octanol–water partition coefficient (Wildman–Crippen LogP) is 1.56. The highest BCUT2D eigenvalue weighted by Crippen LogP contribution is 2.15. The molecule has 140 valence electrons. The van der Waals surface area contributed by atoms with Gasteiger partial charge in [0.15, 0.2) is 5.96 Å². The summed E-state index contributed by atoms with van der Waals surface area (Å²) in [5, 5.41) is 3.43. The highest BCUT2D eigenvalue weighted by molar-refractivity contribution is 5.80. The third-order valence-corrected chi connectivity index (χ3v) is 4.95. The van der Waals surface area contributed by atoms with E-state index < -0.39 is 0 Å². The minimum atomic E-state index is 0.302. The van der Waals surface area contributed by atoms with Crippen LogP contribution < -0.4 is 5.32 Å². The predicted molar refractivity (Wildman–Crippen MR) is 98.7 cm³/mol. The quantitative estimate of drug-likeness (QED) is 0.392. The normalized spacial score (nSPS) is 25.0. The number of ether oxygens (including phenoxy) is 2. The summed E-state index contributed by atoms with van der Waals surface area (Å²) in [5.74, 6) is 1.04. The van der Waals surface area contributed by atoms with Crippen molar-refractivity contribution >= 4 is 5.96 Å². The van der Waals surface area contributed by atoms with Crippen molar-refractivity contribution < 1.29 is 9.47 Å². The fourth-order valence-electron chi connectivity index (χ4n) is 3.60. The number of aliphatic imine (C=N–C) groups is 1. The fraction of sp³-hybridized carbons (Fsp3) is 0.944. The van der Waals surface area contributed by atoms with Crippen LogP contribution in [0.15, 0.2) is 4.99 Å². The van der Waals surface area contributed by atoms with Gasteiger partial charge in [0.05, 0.1) is 25.9 Å². The molecule has 2 fully saturated rings. The van der Waals surface area contributed by atoms with Gasteiger partial charge in [0.2, 0.25) is 0 Å². The molecule has 0 aromatic rings. The summed E-state index contributed by atoms with van der Waals surface area (Å²) < 4.78 is 11.3. The van der Waals surface area contributed by atoms with Crippen LogP contribution in [0.25, 0.3) is 0 Å². The van der Waals surface area contributed by atoms with Gasteiger partial charge in [-0.1, -0.05) is 13.8 Å². The van der Waals surface area contributed by atoms with E-state index >= 15 is 0 Å². The lowest BCUT2D eigenvalue weighted by molar-refractivity contribution is 0.0199. The summed E-state index contributed by atoms with van der Waals surface area (Å²) in [4.78, 5) is 9.70. The van der Waals surface area contributed by atoms with Crippen molar-refractivity contribution in [3.63, 3.8) is 0 Å². The van der Waals surface area contributed by atoms with E-state index in [1.54, 1.807) is 0 Å². The molecular weight excluding hydrogens is 304 g/mol. The van der Waals surface area contributed by atoms with Gasteiger partial charge in [0.25, 0.3) is 0 Å². The standard InChI is InChI=1S/C18H36N4O2/c1-4-19-18(20-10-13-23-15-17-8-7-12-24-17)22-11-9-16(14-22)21(5-2)6-3/h16-17H,4-15H2,1-3H3,(H,19,20). The van der Waals surface area contributed by atoms with E-state index in [-0.39, 0.29) is 0 Å². The number of hydrogen-bond donors (Lipinski definition) is 1. The van der Waals surface area contributed by atoms with Crippen molar-refractivity contribution in [1.82, 2.24) is 15.1 Å². The molecule has 2 heterocycles. The second kappa shape index (κ2) is 10.9. The Hall–Kier alpha value is -0.850. The van der Waals surface area contributed by atoms with Crippen LogP contribution in [0.2, 0.25) is 0 Å². The van der Waals surface area contributed by atoms with Gasteiger partial charge in [-0.2, -0.15) is 0 Å². The van der Waals surface area contributed by atoms with Gasteiger partial charge in [-0.05, 0) is 39.3 Å². The van der Waals surface area contributed by atoms with E-state index in [0.29, 0.717) is 31.9 Å². The van der Waals surface area contributed by atoms with Gasteiger partial charge in [0.1, 0.15) is 0 Å². The summed E-state index contributed by atoms with van der Waals surface area (Å²) in [5.41, 5.74) is 0. The molecule has 24 heavy (non-hydrogen) atoms. The summed E-state index contributed by atoms with van der Waals surface area (Å²) in [6.07, 6.45) is 3.82. The van der Waals surface area contributed by atoms with Crippen molar-refractivity contribution in [3.8, 4) is 0 Å². The van der Waals surface area contributed by atoms with Gasteiger partial charge in [-0.25, -0.2) is 0 Å². The van der Waals surface area contributed by atoms with Crippen molar-refractivity contribution in [2.75, 3.05) is 59.1 Å². The van der Waals surface area contributed by atoms with Crippen LogP contribution >= 0.6 is 0 Å². The topological polar surface area (TPSA) is 49.3 Å². The van der Waals surface area contributed by atoms with E-state index in [1.807, 2.05) is 0 Å². The van der Waals surface area contributed by atoms with Crippen LogP contribution in [0.5, 0.6) is 0 Å². The lowest BCUT2D eigenvalue weighted by Gasteiger charge is -2.27. The van der Waals surface area contributed by atoms with Crippen LogP contribution in [0.4, 0.5) is 0 Å². The smallest absolute Gasteiger partial charge is 0.194 e. The molecule has 2 aliphatic heterocycles. The van der Waals surface area contributed by atoms with Crippen LogP contribution in [0.1, 0.15) is 40.0 Å². The minimum absolute atomic E-state index is 0.302. The molecule has 6 heteroatoms. The van der Waals surface area contributed by atoms with Crippen molar-refractivity contribution in [1.29, 1.82) is 0 Å². The lowest BCUT2D eigenvalue weighted by atomic mass is 10.2. The molecule has 1 N–H and O–H groups in total. The molecule has 0 spiro atoms. The zero-order valence-corrected chi connectivity index (χ0v) is 15.8. The van der Waals surface area contributed by atoms with Crippen LogP contribution in [-0.2, 0) is 9.47 Å². The Balaban J connectivity index is 1.73. The first-order valence-electron chi connectivity index (χ1n) is 9.75. The van der Waals surface area contributed by atoms with Gasteiger partial charge in [-0.15, -0.1) is 0 Å². The molecule has 0 amide bonds. The second-order valence-electron chi connectivity index (χ2n) is 6.56. The molecule has 0 aliphatic carbocycles. The number of likely N-dealkylation sites (N-methyl/N-ethyl adjacent to an activating group) is 1. The van der Waals surface area contributed by atoms with Crippen molar-refractivity contribution in [2.45, 2.75) is 52.2 Å². The average molecular weight is 341 g/mol. The van der Waals surface area contributed by atoms with Crippen LogP contribution in [0, 0.1) is 0 Å². The first-order chi connectivity index (χ1) is 11.8. The molecule has 0 bridgehead atoms. The Kier molecular flexibility index (Phi) is 8.84. The van der Waals surface area contributed by atoms with Crippen molar-refractivity contribution in [2.24, 2.45) is 4.99 Å². The summed E-state index contributed by atoms with van der Waals surface area (Å²) in [6.45, 7) is 14.9. The first kappa shape index (κ1) is 19.5.